The summed E-state index contributed by atoms with van der Waals surface area (Å²) in [6, 6.07) is 11.1. The molecule has 2 heterocycles. The molecule has 170 valence electrons. The lowest BCUT2D eigenvalue weighted by molar-refractivity contribution is 0.0961. The number of aryl methyl sites for hydroxylation is 1. The molecule has 1 aliphatic heterocycles. The van der Waals surface area contributed by atoms with Crippen molar-refractivity contribution in [3.05, 3.63) is 63.4 Å². The molecular formula is C24H30N4O4. The molecule has 0 radical (unpaired) electrons. The molecule has 32 heavy (non-hydrogen) atoms. The quantitative estimate of drug-likeness (QED) is 0.543. The van der Waals surface area contributed by atoms with Crippen LogP contribution in [0.1, 0.15) is 35.8 Å². The lowest BCUT2D eigenvalue weighted by Crippen LogP contribution is -2.40. The Morgan fingerprint density at radius 2 is 1.91 bits per heavy atom. The molecule has 1 saturated heterocycles. The summed E-state index contributed by atoms with van der Waals surface area (Å²) in [4.78, 5) is 20.3. The number of morpholine rings is 1. The molecule has 8 nitrogen and oxygen atoms in total. The zero-order chi connectivity index (χ0) is 22.8. The standard InChI is InChI=1S/C24H30N4O4/c1-15-12-18(16(2)25-20-7-5-4-6-17(20)21(30)14-29)22-19(13-15)23(31)27(3)24(26-22)28-8-10-32-11-9-28/h4-7,12-13,16,21,25,29-30H,8-11,14H2,1-3H3. The molecule has 3 aromatic rings. The third kappa shape index (κ3) is 4.21. The summed E-state index contributed by atoms with van der Waals surface area (Å²) in [6.07, 6.45) is -0.974. The number of para-hydroxylation sites is 1. The highest BCUT2D eigenvalue weighted by Crippen LogP contribution is 2.30. The normalized spacial score (nSPS) is 16.2. The van der Waals surface area contributed by atoms with Gasteiger partial charge in [-0.2, -0.15) is 0 Å². The van der Waals surface area contributed by atoms with Crippen molar-refractivity contribution in [2.24, 2.45) is 7.05 Å². The lowest BCUT2D eigenvalue weighted by atomic mass is 10.00. The second kappa shape index (κ2) is 9.28. The van der Waals surface area contributed by atoms with E-state index >= 15 is 0 Å². The van der Waals surface area contributed by atoms with Crippen molar-refractivity contribution >= 4 is 22.5 Å². The number of hydrogen-bond donors (Lipinski definition) is 3. The van der Waals surface area contributed by atoms with E-state index in [-0.39, 0.29) is 18.2 Å². The van der Waals surface area contributed by atoms with Crippen LogP contribution >= 0.6 is 0 Å². The van der Waals surface area contributed by atoms with Crippen LogP contribution in [0.15, 0.2) is 41.2 Å². The van der Waals surface area contributed by atoms with E-state index in [2.05, 4.69) is 10.2 Å². The molecule has 2 unspecified atom stereocenters. The Hall–Kier alpha value is -2.94. The van der Waals surface area contributed by atoms with Gasteiger partial charge >= 0.3 is 0 Å². The maximum atomic E-state index is 13.2. The molecule has 1 aliphatic rings. The highest BCUT2D eigenvalue weighted by Gasteiger charge is 2.21. The van der Waals surface area contributed by atoms with Crippen molar-refractivity contribution in [2.75, 3.05) is 43.1 Å². The van der Waals surface area contributed by atoms with Gasteiger partial charge in [-0.25, -0.2) is 4.98 Å². The average molecular weight is 439 g/mol. The largest absolute Gasteiger partial charge is 0.393 e. The van der Waals surface area contributed by atoms with E-state index in [4.69, 9.17) is 9.72 Å². The highest BCUT2D eigenvalue weighted by molar-refractivity contribution is 5.84. The molecule has 1 fully saturated rings. The topological polar surface area (TPSA) is 99.8 Å². The van der Waals surface area contributed by atoms with Gasteiger partial charge in [-0.3, -0.25) is 9.36 Å². The summed E-state index contributed by atoms with van der Waals surface area (Å²) in [5, 5.41) is 23.6. The Balaban J connectivity index is 1.80. The minimum atomic E-state index is -0.974. The number of aliphatic hydroxyl groups excluding tert-OH is 2. The Bertz CT molecular complexity index is 1170. The number of anilines is 2. The van der Waals surface area contributed by atoms with E-state index in [0.717, 1.165) is 16.8 Å². The number of rotatable bonds is 6. The van der Waals surface area contributed by atoms with Gasteiger partial charge in [0.05, 0.1) is 36.8 Å². The van der Waals surface area contributed by atoms with E-state index < -0.39 is 6.10 Å². The molecule has 1 aromatic heterocycles. The Labute approximate surface area is 187 Å². The minimum absolute atomic E-state index is 0.0789. The molecule has 4 rings (SSSR count). The number of aromatic nitrogens is 2. The predicted octanol–water partition coefficient (Wildman–Crippen LogP) is 2.28. The predicted molar refractivity (Wildman–Crippen MR) is 125 cm³/mol. The lowest BCUT2D eigenvalue weighted by Gasteiger charge is -2.29. The second-order valence-electron chi connectivity index (χ2n) is 8.28. The van der Waals surface area contributed by atoms with Crippen molar-refractivity contribution in [1.82, 2.24) is 9.55 Å². The number of benzene rings is 2. The number of nitrogens with one attached hydrogen (secondary N) is 1. The van der Waals surface area contributed by atoms with Crippen LogP contribution in [0.5, 0.6) is 0 Å². The molecule has 0 bridgehead atoms. The molecule has 8 heteroatoms. The Morgan fingerprint density at radius 3 is 2.62 bits per heavy atom. The van der Waals surface area contributed by atoms with Gasteiger partial charge in [0.2, 0.25) is 5.95 Å². The van der Waals surface area contributed by atoms with E-state index in [0.29, 0.717) is 48.7 Å². The fourth-order valence-corrected chi connectivity index (χ4v) is 4.25. The van der Waals surface area contributed by atoms with Crippen molar-refractivity contribution in [3.8, 4) is 0 Å². The number of nitrogens with zero attached hydrogens (tertiary/aromatic N) is 3. The summed E-state index contributed by atoms with van der Waals surface area (Å²) in [5.74, 6) is 0.638. The van der Waals surface area contributed by atoms with Gasteiger partial charge in [0, 0.05) is 37.0 Å². The van der Waals surface area contributed by atoms with Crippen molar-refractivity contribution < 1.29 is 14.9 Å². The first-order chi connectivity index (χ1) is 15.4. The third-order valence-electron chi connectivity index (χ3n) is 5.96. The number of ether oxygens (including phenoxy) is 1. The van der Waals surface area contributed by atoms with Crippen molar-refractivity contribution in [3.63, 3.8) is 0 Å². The van der Waals surface area contributed by atoms with Crippen LogP contribution in [0.25, 0.3) is 10.9 Å². The summed E-state index contributed by atoms with van der Waals surface area (Å²) in [6.45, 7) is 6.20. The molecule has 0 amide bonds. The van der Waals surface area contributed by atoms with E-state index in [1.165, 1.54) is 0 Å². The minimum Gasteiger partial charge on any atom is -0.393 e. The smallest absolute Gasteiger partial charge is 0.262 e. The highest BCUT2D eigenvalue weighted by atomic mass is 16.5. The van der Waals surface area contributed by atoms with Gasteiger partial charge in [0.15, 0.2) is 0 Å². The molecule has 3 N–H and O–H groups in total. The van der Waals surface area contributed by atoms with Crippen LogP contribution in [-0.4, -0.2) is 52.7 Å². The fraction of sp³-hybridized carbons (Fsp3) is 0.417. The zero-order valence-electron chi connectivity index (χ0n) is 18.7. The molecule has 2 atom stereocenters. The van der Waals surface area contributed by atoms with Crippen LogP contribution in [0, 0.1) is 6.92 Å². The van der Waals surface area contributed by atoms with E-state index in [9.17, 15) is 15.0 Å². The number of fused-ring (bicyclic) bond motifs is 1. The summed E-state index contributed by atoms with van der Waals surface area (Å²) < 4.78 is 7.07. The molecule has 0 saturated carbocycles. The first-order valence-corrected chi connectivity index (χ1v) is 10.9. The van der Waals surface area contributed by atoms with Crippen LogP contribution < -0.4 is 15.8 Å². The summed E-state index contributed by atoms with van der Waals surface area (Å²) in [7, 11) is 1.76. The molecular weight excluding hydrogens is 408 g/mol. The first kappa shape index (κ1) is 22.3. The van der Waals surface area contributed by atoms with Crippen LogP contribution in [0.2, 0.25) is 0 Å². The van der Waals surface area contributed by atoms with Crippen molar-refractivity contribution in [1.29, 1.82) is 0 Å². The zero-order valence-corrected chi connectivity index (χ0v) is 18.7. The average Bonchev–Trinajstić information content (AvgIpc) is 2.81. The van der Waals surface area contributed by atoms with E-state index in [1.807, 2.05) is 44.2 Å². The van der Waals surface area contributed by atoms with Crippen molar-refractivity contribution in [2.45, 2.75) is 26.0 Å². The van der Waals surface area contributed by atoms with Gasteiger partial charge in [0.1, 0.15) is 6.10 Å². The van der Waals surface area contributed by atoms with Gasteiger partial charge in [0.25, 0.3) is 5.56 Å². The van der Waals surface area contributed by atoms with Crippen LogP contribution in [0.3, 0.4) is 0 Å². The Kier molecular flexibility index (Phi) is 6.45. The van der Waals surface area contributed by atoms with Gasteiger partial charge in [-0.15, -0.1) is 0 Å². The maximum Gasteiger partial charge on any atom is 0.262 e. The fourth-order valence-electron chi connectivity index (χ4n) is 4.25. The molecule has 0 aliphatic carbocycles. The van der Waals surface area contributed by atoms with Gasteiger partial charge in [-0.1, -0.05) is 24.3 Å². The monoisotopic (exact) mass is 438 g/mol. The SMILES string of the molecule is Cc1cc(C(C)Nc2ccccc2C(O)CO)c2nc(N3CCOCC3)n(C)c(=O)c2c1. The number of hydrogen-bond acceptors (Lipinski definition) is 7. The second-order valence-corrected chi connectivity index (χ2v) is 8.28. The van der Waals surface area contributed by atoms with Gasteiger partial charge < -0.3 is 25.2 Å². The van der Waals surface area contributed by atoms with Crippen LogP contribution in [0.4, 0.5) is 11.6 Å². The molecule has 0 spiro atoms. The maximum absolute atomic E-state index is 13.2. The van der Waals surface area contributed by atoms with Crippen LogP contribution in [-0.2, 0) is 11.8 Å². The Morgan fingerprint density at radius 1 is 1.19 bits per heavy atom. The third-order valence-corrected chi connectivity index (χ3v) is 5.96. The van der Waals surface area contributed by atoms with E-state index in [1.54, 1.807) is 17.7 Å². The number of aliphatic hydroxyl groups is 2. The van der Waals surface area contributed by atoms with Gasteiger partial charge in [-0.05, 0) is 31.5 Å². The summed E-state index contributed by atoms with van der Waals surface area (Å²) in [5.41, 5.74) is 3.82. The first-order valence-electron chi connectivity index (χ1n) is 10.9. The molecule has 2 aromatic carbocycles. The summed E-state index contributed by atoms with van der Waals surface area (Å²) >= 11 is 0.